The summed E-state index contributed by atoms with van der Waals surface area (Å²) >= 11 is 7.69. The van der Waals surface area contributed by atoms with E-state index in [0.29, 0.717) is 49.1 Å². The zero-order valence-corrected chi connectivity index (χ0v) is 24.6. The van der Waals surface area contributed by atoms with Crippen LogP contribution in [-0.4, -0.2) is 37.3 Å². The van der Waals surface area contributed by atoms with Crippen LogP contribution in [0.1, 0.15) is 69.7 Å². The highest BCUT2D eigenvalue weighted by Gasteiger charge is 2.36. The highest BCUT2D eigenvalue weighted by atomic mass is 35.5. The molecule has 212 valence electrons. The van der Waals surface area contributed by atoms with E-state index in [0.717, 1.165) is 38.2 Å². The molecule has 4 heterocycles. The molecule has 8 nitrogen and oxygen atoms in total. The summed E-state index contributed by atoms with van der Waals surface area (Å²) < 4.78 is 19.3. The number of halogens is 1. The van der Waals surface area contributed by atoms with Crippen molar-refractivity contribution in [1.82, 2.24) is 4.57 Å². The average Bonchev–Trinajstić information content (AvgIpc) is 3.41. The van der Waals surface area contributed by atoms with E-state index < -0.39 is 12.0 Å². The standard InChI is InChI=1S/C30H34ClN3O5S/c1-4-10-22-26(29(36)38-5-2)27(21-17-19(31)11-13-23(21)37-3)34-28(35)24(40-30(34)32-22)18-20-12-14-25(39-20)33-15-8-6-7-9-16-33/h11-14,17-18,27H,4-10,15-16H2,1-3H3/b24-18+/t27-/m0/s1. The van der Waals surface area contributed by atoms with Crippen molar-refractivity contribution in [3.05, 3.63) is 77.6 Å². The zero-order valence-electron chi connectivity index (χ0n) is 23.1. The van der Waals surface area contributed by atoms with Gasteiger partial charge in [-0.1, -0.05) is 49.1 Å². The predicted octanol–water partition coefficient (Wildman–Crippen LogP) is 5.21. The van der Waals surface area contributed by atoms with Crippen LogP contribution < -0.4 is 24.5 Å². The average molecular weight is 584 g/mol. The number of nitrogens with zero attached hydrogens (tertiary/aromatic N) is 3. The normalized spacial score (nSPS) is 17.9. The van der Waals surface area contributed by atoms with Crippen LogP contribution in [0.4, 0.5) is 5.88 Å². The van der Waals surface area contributed by atoms with E-state index in [-0.39, 0.29) is 12.2 Å². The van der Waals surface area contributed by atoms with Gasteiger partial charge in [0.2, 0.25) is 0 Å². The molecule has 0 aliphatic carbocycles. The Morgan fingerprint density at radius 3 is 2.65 bits per heavy atom. The number of esters is 1. The SMILES string of the molecule is CCCC1=C(C(=O)OCC)[C@H](c2cc(Cl)ccc2OC)n2c(s/c(=C/c3ccc(N4CCCCCC4)o3)c2=O)=N1. The lowest BCUT2D eigenvalue weighted by Gasteiger charge is -2.27. The van der Waals surface area contributed by atoms with Gasteiger partial charge in [0.1, 0.15) is 17.6 Å². The van der Waals surface area contributed by atoms with Crippen molar-refractivity contribution in [2.75, 3.05) is 31.7 Å². The maximum absolute atomic E-state index is 14.0. The Hall–Kier alpha value is -3.30. The van der Waals surface area contributed by atoms with Gasteiger partial charge in [0.05, 0.1) is 29.5 Å². The second kappa shape index (κ2) is 12.5. The lowest BCUT2D eigenvalue weighted by molar-refractivity contribution is -0.139. The number of benzene rings is 1. The number of allylic oxidation sites excluding steroid dienone is 1. The third kappa shape index (κ3) is 5.63. The van der Waals surface area contributed by atoms with E-state index in [2.05, 4.69) is 4.90 Å². The van der Waals surface area contributed by atoms with E-state index >= 15 is 0 Å². The summed E-state index contributed by atoms with van der Waals surface area (Å²) in [6.45, 7) is 5.91. The molecule has 1 aromatic carbocycles. The fraction of sp³-hybridized carbons (Fsp3) is 0.433. The summed E-state index contributed by atoms with van der Waals surface area (Å²) in [5, 5.41) is 0.465. The van der Waals surface area contributed by atoms with Crippen molar-refractivity contribution in [3.8, 4) is 5.75 Å². The number of furan rings is 1. The topological polar surface area (TPSA) is 86.3 Å². The molecule has 10 heteroatoms. The van der Waals surface area contributed by atoms with Crippen LogP contribution in [0, 0.1) is 0 Å². The Morgan fingerprint density at radius 1 is 1.18 bits per heavy atom. The number of carbonyl (C=O) groups is 1. The van der Waals surface area contributed by atoms with Crippen molar-refractivity contribution >= 4 is 40.9 Å². The Labute approximate surface area is 242 Å². The lowest BCUT2D eigenvalue weighted by atomic mass is 9.93. The van der Waals surface area contributed by atoms with Gasteiger partial charge in [0.25, 0.3) is 5.56 Å². The molecule has 2 aliphatic heterocycles. The fourth-order valence-corrected chi connectivity index (χ4v) is 6.52. The first-order valence-corrected chi connectivity index (χ1v) is 15.0. The Kier molecular flexibility index (Phi) is 8.81. The molecule has 2 aromatic heterocycles. The molecule has 0 spiro atoms. The first-order chi connectivity index (χ1) is 19.4. The van der Waals surface area contributed by atoms with Crippen molar-refractivity contribution < 1.29 is 18.7 Å². The van der Waals surface area contributed by atoms with Gasteiger partial charge in [-0.3, -0.25) is 9.36 Å². The molecule has 5 rings (SSSR count). The summed E-state index contributed by atoms with van der Waals surface area (Å²) in [7, 11) is 1.55. The summed E-state index contributed by atoms with van der Waals surface area (Å²) in [5.41, 5.74) is 1.24. The Balaban J connectivity index is 1.67. The minimum absolute atomic E-state index is 0.198. The minimum Gasteiger partial charge on any atom is -0.496 e. The number of aromatic nitrogens is 1. The Bertz CT molecular complexity index is 1590. The number of methoxy groups -OCH3 is 1. The predicted molar refractivity (Wildman–Crippen MR) is 157 cm³/mol. The molecule has 1 fully saturated rings. The number of ether oxygens (including phenoxy) is 2. The van der Waals surface area contributed by atoms with Crippen LogP contribution in [0.3, 0.4) is 0 Å². The zero-order chi connectivity index (χ0) is 28.2. The van der Waals surface area contributed by atoms with Crippen molar-refractivity contribution in [3.63, 3.8) is 0 Å². The molecule has 1 atom stereocenters. The second-order valence-electron chi connectivity index (χ2n) is 9.88. The van der Waals surface area contributed by atoms with Gasteiger partial charge in [-0.05, 0) is 50.5 Å². The molecule has 1 saturated heterocycles. The largest absolute Gasteiger partial charge is 0.496 e. The van der Waals surface area contributed by atoms with Gasteiger partial charge in [-0.25, -0.2) is 9.79 Å². The minimum atomic E-state index is -0.808. The van der Waals surface area contributed by atoms with Crippen LogP contribution >= 0.6 is 22.9 Å². The van der Waals surface area contributed by atoms with Crippen molar-refractivity contribution in [2.24, 2.45) is 4.99 Å². The number of anilines is 1. The molecule has 0 unspecified atom stereocenters. The highest BCUT2D eigenvalue weighted by molar-refractivity contribution is 7.07. The van der Waals surface area contributed by atoms with Crippen LogP contribution in [0.2, 0.25) is 5.02 Å². The maximum Gasteiger partial charge on any atom is 0.338 e. The molecule has 2 aliphatic rings. The number of rotatable bonds is 8. The third-order valence-corrected chi connectivity index (χ3v) is 8.40. The molecule has 0 radical (unpaired) electrons. The number of carbonyl (C=O) groups excluding carboxylic acids is 1. The number of fused-ring (bicyclic) bond motifs is 1. The van der Waals surface area contributed by atoms with E-state index in [1.807, 2.05) is 19.1 Å². The number of hydrogen-bond donors (Lipinski definition) is 0. The molecule has 0 saturated carbocycles. The van der Waals surface area contributed by atoms with Gasteiger partial charge in [0, 0.05) is 35.8 Å². The molecular weight excluding hydrogens is 550 g/mol. The molecule has 0 N–H and O–H groups in total. The summed E-state index contributed by atoms with van der Waals surface area (Å²) in [5.74, 6) is 1.41. The Morgan fingerprint density at radius 2 is 1.95 bits per heavy atom. The van der Waals surface area contributed by atoms with E-state index in [1.165, 1.54) is 24.2 Å². The highest BCUT2D eigenvalue weighted by Crippen LogP contribution is 2.38. The first kappa shape index (κ1) is 28.2. The van der Waals surface area contributed by atoms with Crippen LogP contribution in [0.15, 0.2) is 55.8 Å². The molecular formula is C30H34ClN3O5S. The van der Waals surface area contributed by atoms with Gasteiger partial charge < -0.3 is 18.8 Å². The quantitative estimate of drug-likeness (QED) is 0.338. The van der Waals surface area contributed by atoms with E-state index in [9.17, 15) is 9.59 Å². The first-order valence-electron chi connectivity index (χ1n) is 13.8. The summed E-state index contributed by atoms with van der Waals surface area (Å²) in [4.78, 5) is 35.0. The summed E-state index contributed by atoms with van der Waals surface area (Å²) in [6, 6.07) is 8.23. The van der Waals surface area contributed by atoms with Crippen LogP contribution in [0.25, 0.3) is 6.08 Å². The van der Waals surface area contributed by atoms with Crippen LogP contribution in [-0.2, 0) is 9.53 Å². The smallest absolute Gasteiger partial charge is 0.338 e. The maximum atomic E-state index is 14.0. The fourth-order valence-electron chi connectivity index (χ4n) is 5.34. The molecule has 0 bridgehead atoms. The van der Waals surface area contributed by atoms with E-state index in [4.69, 9.17) is 30.5 Å². The van der Waals surface area contributed by atoms with Crippen molar-refractivity contribution in [2.45, 2.75) is 58.4 Å². The van der Waals surface area contributed by atoms with Crippen LogP contribution in [0.5, 0.6) is 5.75 Å². The monoisotopic (exact) mass is 583 g/mol. The summed E-state index contributed by atoms with van der Waals surface area (Å²) in [6.07, 6.45) is 7.83. The molecule has 3 aromatic rings. The lowest BCUT2D eigenvalue weighted by Crippen LogP contribution is -2.40. The second-order valence-corrected chi connectivity index (χ2v) is 11.3. The number of thiazole rings is 1. The number of hydrogen-bond acceptors (Lipinski definition) is 8. The van der Waals surface area contributed by atoms with Crippen molar-refractivity contribution in [1.29, 1.82) is 0 Å². The van der Waals surface area contributed by atoms with Gasteiger partial charge in [0.15, 0.2) is 10.7 Å². The third-order valence-electron chi connectivity index (χ3n) is 7.18. The van der Waals surface area contributed by atoms with E-state index in [1.54, 1.807) is 42.9 Å². The molecule has 40 heavy (non-hydrogen) atoms. The molecule has 0 amide bonds. The van der Waals surface area contributed by atoms with Gasteiger partial charge in [-0.2, -0.15) is 0 Å². The van der Waals surface area contributed by atoms with Gasteiger partial charge >= 0.3 is 5.97 Å². The van der Waals surface area contributed by atoms with Gasteiger partial charge in [-0.15, -0.1) is 0 Å².